The number of hydrogen-bond donors (Lipinski definition) is 0. The molecule has 1 saturated heterocycles. The highest BCUT2D eigenvalue weighted by atomic mass is 35.5. The molecule has 0 bridgehead atoms. The van der Waals surface area contributed by atoms with Crippen molar-refractivity contribution >= 4 is 23.5 Å². The molecule has 0 unspecified atom stereocenters. The number of fused-ring (bicyclic) bond motifs is 1. The van der Waals surface area contributed by atoms with E-state index in [4.69, 9.17) is 25.8 Å². The van der Waals surface area contributed by atoms with Gasteiger partial charge in [0.15, 0.2) is 6.79 Å². The zero-order valence-electron chi connectivity index (χ0n) is 17.0. The maximum absolute atomic E-state index is 12.7. The number of carbonyl (C=O) groups excluding carboxylic acids is 2. The zero-order valence-corrected chi connectivity index (χ0v) is 17.7. The Morgan fingerprint density at radius 3 is 2.97 bits per heavy atom. The van der Waals surface area contributed by atoms with Crippen LogP contribution in [0.2, 0.25) is 5.02 Å². The number of esters is 1. The third kappa shape index (κ3) is 4.24. The van der Waals surface area contributed by atoms with Gasteiger partial charge in [-0.25, -0.2) is 0 Å². The maximum atomic E-state index is 12.7. The van der Waals surface area contributed by atoms with Gasteiger partial charge in [0.2, 0.25) is 5.91 Å². The smallest absolute Gasteiger partial charge is 0.311 e. The summed E-state index contributed by atoms with van der Waals surface area (Å²) >= 11 is 6.17. The number of carbonyl (C=O) groups is 2. The molecule has 6 nitrogen and oxygen atoms in total. The predicted molar refractivity (Wildman–Crippen MR) is 107 cm³/mol. The van der Waals surface area contributed by atoms with E-state index in [0.717, 1.165) is 24.0 Å². The van der Waals surface area contributed by atoms with E-state index in [1.807, 2.05) is 4.90 Å². The number of benzene rings is 1. The minimum atomic E-state index is -0.411. The first-order valence-electron chi connectivity index (χ1n) is 10.4. The van der Waals surface area contributed by atoms with Gasteiger partial charge in [-0.3, -0.25) is 9.59 Å². The maximum Gasteiger partial charge on any atom is 0.311 e. The Morgan fingerprint density at radius 2 is 2.14 bits per heavy atom. The van der Waals surface area contributed by atoms with Gasteiger partial charge in [0, 0.05) is 35.2 Å². The Labute approximate surface area is 176 Å². The molecule has 29 heavy (non-hydrogen) atoms. The van der Waals surface area contributed by atoms with Crippen molar-refractivity contribution in [3.8, 4) is 5.75 Å². The fourth-order valence-corrected chi connectivity index (χ4v) is 5.10. The van der Waals surface area contributed by atoms with Crippen LogP contribution in [-0.2, 0) is 32.3 Å². The van der Waals surface area contributed by atoms with Crippen LogP contribution in [0.3, 0.4) is 0 Å². The van der Waals surface area contributed by atoms with Crippen LogP contribution in [0.15, 0.2) is 12.1 Å². The average Bonchev–Trinajstić information content (AvgIpc) is 3.09. The Bertz CT molecular complexity index is 798. The van der Waals surface area contributed by atoms with Crippen molar-refractivity contribution in [3.05, 3.63) is 28.3 Å². The van der Waals surface area contributed by atoms with E-state index >= 15 is 0 Å². The van der Waals surface area contributed by atoms with Crippen molar-refractivity contribution in [1.82, 2.24) is 4.90 Å². The van der Waals surface area contributed by atoms with Crippen molar-refractivity contribution in [2.45, 2.75) is 58.8 Å². The Kier molecular flexibility index (Phi) is 6.02. The minimum absolute atomic E-state index is 0.0681. The summed E-state index contributed by atoms with van der Waals surface area (Å²) in [4.78, 5) is 27.2. The van der Waals surface area contributed by atoms with E-state index in [1.165, 1.54) is 6.42 Å². The Balaban J connectivity index is 1.39. The number of likely N-dealkylation sites (tertiary alicyclic amines) is 1. The lowest BCUT2D eigenvalue weighted by atomic mass is 9.77. The molecule has 1 saturated carbocycles. The molecule has 1 amide bonds. The summed E-state index contributed by atoms with van der Waals surface area (Å²) < 4.78 is 16.4. The SMILES string of the molecule is C[C@H]1[C@H](N2C[C@H](C(=O)OCc3cc(Cl)cc4c3OCOC4)CC2=O)CCC[C@@H]1C. The van der Waals surface area contributed by atoms with Crippen molar-refractivity contribution in [2.24, 2.45) is 17.8 Å². The van der Waals surface area contributed by atoms with Crippen LogP contribution in [0.1, 0.15) is 50.7 Å². The number of halogens is 1. The van der Waals surface area contributed by atoms with Gasteiger partial charge >= 0.3 is 5.97 Å². The lowest BCUT2D eigenvalue weighted by molar-refractivity contribution is -0.149. The summed E-state index contributed by atoms with van der Waals surface area (Å²) in [6.07, 6.45) is 3.60. The summed E-state index contributed by atoms with van der Waals surface area (Å²) in [5, 5.41) is 0.548. The van der Waals surface area contributed by atoms with Crippen molar-refractivity contribution in [3.63, 3.8) is 0 Å². The molecule has 2 heterocycles. The van der Waals surface area contributed by atoms with Gasteiger partial charge in [-0.05, 0) is 30.4 Å². The Hall–Kier alpha value is -1.79. The Morgan fingerprint density at radius 1 is 1.31 bits per heavy atom. The van der Waals surface area contributed by atoms with E-state index in [-0.39, 0.29) is 37.7 Å². The zero-order chi connectivity index (χ0) is 20.5. The fraction of sp³-hybridized carbons (Fsp3) is 0.636. The molecule has 1 aromatic rings. The second kappa shape index (κ2) is 8.52. The van der Waals surface area contributed by atoms with Gasteiger partial charge in [0.25, 0.3) is 0 Å². The van der Waals surface area contributed by atoms with Gasteiger partial charge in [-0.1, -0.05) is 38.3 Å². The molecule has 0 radical (unpaired) electrons. The number of nitrogens with zero attached hydrogens (tertiary/aromatic N) is 1. The van der Waals surface area contributed by atoms with E-state index in [0.29, 0.717) is 35.8 Å². The number of ether oxygens (including phenoxy) is 3. The minimum Gasteiger partial charge on any atom is -0.467 e. The third-order valence-electron chi connectivity index (χ3n) is 6.68. The monoisotopic (exact) mass is 421 g/mol. The van der Waals surface area contributed by atoms with Crippen LogP contribution < -0.4 is 4.74 Å². The van der Waals surface area contributed by atoms with Crippen LogP contribution in [0.5, 0.6) is 5.75 Å². The summed E-state index contributed by atoms with van der Waals surface area (Å²) in [5.74, 6) is 1.05. The summed E-state index contributed by atoms with van der Waals surface area (Å²) in [7, 11) is 0. The van der Waals surface area contributed by atoms with E-state index in [2.05, 4.69) is 13.8 Å². The van der Waals surface area contributed by atoms with Gasteiger partial charge in [0.1, 0.15) is 12.4 Å². The van der Waals surface area contributed by atoms with Crippen molar-refractivity contribution < 1.29 is 23.8 Å². The highest BCUT2D eigenvalue weighted by molar-refractivity contribution is 6.30. The second-order valence-corrected chi connectivity index (χ2v) is 8.99. The average molecular weight is 422 g/mol. The van der Waals surface area contributed by atoms with Gasteiger partial charge in [-0.15, -0.1) is 0 Å². The quantitative estimate of drug-likeness (QED) is 0.689. The first kappa shape index (κ1) is 20.5. The standard InChI is InChI=1S/C22H28ClNO5/c1-13-4-3-5-19(14(13)2)24-9-15(8-20(24)25)22(26)28-11-17-7-18(23)6-16-10-27-12-29-21(16)17/h6-7,13-15,19H,3-5,8-12H2,1-2H3/t13-,14+,15+,19+/m0/s1. The molecule has 4 rings (SSSR count). The first-order chi connectivity index (χ1) is 13.9. The topological polar surface area (TPSA) is 65.1 Å². The predicted octanol–water partition coefficient (Wildman–Crippen LogP) is 3.92. The molecule has 0 aromatic heterocycles. The largest absolute Gasteiger partial charge is 0.467 e. The molecule has 0 N–H and O–H groups in total. The second-order valence-electron chi connectivity index (χ2n) is 8.55. The summed E-state index contributed by atoms with van der Waals surface area (Å²) in [5.41, 5.74) is 1.57. The molecule has 2 fully saturated rings. The highest BCUT2D eigenvalue weighted by Crippen LogP contribution is 2.36. The molecular formula is C22H28ClNO5. The van der Waals surface area contributed by atoms with Gasteiger partial charge < -0.3 is 19.1 Å². The summed E-state index contributed by atoms with van der Waals surface area (Å²) in [6, 6.07) is 3.77. The third-order valence-corrected chi connectivity index (χ3v) is 6.90. The normalized spacial score (nSPS) is 29.3. The van der Waals surface area contributed by atoms with Gasteiger partial charge in [0.05, 0.1) is 12.5 Å². The number of amides is 1. The van der Waals surface area contributed by atoms with Crippen LogP contribution >= 0.6 is 11.6 Å². The van der Waals surface area contributed by atoms with Crippen LogP contribution in [0.4, 0.5) is 0 Å². The number of rotatable bonds is 4. The van der Waals surface area contributed by atoms with Crippen LogP contribution in [0, 0.1) is 17.8 Å². The van der Waals surface area contributed by atoms with Crippen LogP contribution in [-0.4, -0.2) is 36.2 Å². The van der Waals surface area contributed by atoms with E-state index in [9.17, 15) is 9.59 Å². The lowest BCUT2D eigenvalue weighted by Gasteiger charge is -2.39. The molecule has 3 aliphatic rings. The van der Waals surface area contributed by atoms with Crippen molar-refractivity contribution in [1.29, 1.82) is 0 Å². The lowest BCUT2D eigenvalue weighted by Crippen LogP contribution is -2.45. The molecule has 0 spiro atoms. The van der Waals surface area contributed by atoms with Gasteiger partial charge in [-0.2, -0.15) is 0 Å². The number of hydrogen-bond acceptors (Lipinski definition) is 5. The molecular weight excluding hydrogens is 394 g/mol. The van der Waals surface area contributed by atoms with Crippen LogP contribution in [0.25, 0.3) is 0 Å². The van der Waals surface area contributed by atoms with E-state index in [1.54, 1.807) is 12.1 Å². The molecule has 2 aliphatic heterocycles. The first-order valence-corrected chi connectivity index (χ1v) is 10.8. The molecule has 7 heteroatoms. The van der Waals surface area contributed by atoms with Crippen molar-refractivity contribution in [2.75, 3.05) is 13.3 Å². The molecule has 4 atom stereocenters. The fourth-order valence-electron chi connectivity index (χ4n) is 4.83. The highest BCUT2D eigenvalue weighted by Gasteiger charge is 2.42. The molecule has 158 valence electrons. The van der Waals surface area contributed by atoms with E-state index < -0.39 is 5.92 Å². The molecule has 1 aromatic carbocycles. The molecule has 1 aliphatic carbocycles. The summed E-state index contributed by atoms with van der Waals surface area (Å²) in [6.45, 7) is 5.59.